The number of carbonyl (C=O) groups excluding carboxylic acids is 1. The largest absolute Gasteiger partial charge is 0.436 e. The van der Waals surface area contributed by atoms with Crippen molar-refractivity contribution in [1.29, 1.82) is 0 Å². The Morgan fingerprint density at radius 3 is 2.68 bits per heavy atom. The third-order valence-corrected chi connectivity index (χ3v) is 6.55. The number of nitrogens with zero attached hydrogens (tertiary/aromatic N) is 3. The molecule has 1 aliphatic rings. The Balaban J connectivity index is 1.36. The van der Waals surface area contributed by atoms with Crippen LogP contribution in [0.25, 0.3) is 22.6 Å². The van der Waals surface area contributed by atoms with E-state index in [1.165, 1.54) is 12.1 Å². The molecular weight excluding hydrogens is 530 g/mol. The molecule has 0 aliphatic carbocycles. The van der Waals surface area contributed by atoms with Gasteiger partial charge >= 0.3 is 0 Å². The molecule has 1 fully saturated rings. The van der Waals surface area contributed by atoms with E-state index in [1.54, 1.807) is 24.3 Å². The van der Waals surface area contributed by atoms with Gasteiger partial charge in [0.1, 0.15) is 5.52 Å². The first kappa shape index (κ1) is 25.6. The molecule has 0 radical (unpaired) electrons. The van der Waals surface area contributed by atoms with Crippen LogP contribution < -0.4 is 15.5 Å². The number of ether oxygens (including phenoxy) is 1. The molecule has 3 aromatic carbocycles. The second-order valence-electron chi connectivity index (χ2n) is 8.65. The number of hydrogen-bond acceptors (Lipinski definition) is 8. The number of halogens is 1. The zero-order valence-electron chi connectivity index (χ0n) is 20.2. The predicted octanol–water partition coefficient (Wildman–Crippen LogP) is 5.33. The molecular formula is C26H22ClN5O5S. The van der Waals surface area contributed by atoms with Crippen molar-refractivity contribution in [2.24, 2.45) is 0 Å². The second-order valence-corrected chi connectivity index (χ2v) is 9.47. The van der Waals surface area contributed by atoms with Gasteiger partial charge in [-0.3, -0.25) is 20.2 Å². The summed E-state index contributed by atoms with van der Waals surface area (Å²) in [5, 5.41) is 17.2. The first-order valence-corrected chi connectivity index (χ1v) is 12.5. The van der Waals surface area contributed by atoms with Crippen molar-refractivity contribution in [3.63, 3.8) is 0 Å². The highest BCUT2D eigenvalue weighted by Gasteiger charge is 2.23. The Labute approximate surface area is 227 Å². The maximum absolute atomic E-state index is 13.2. The number of aromatic nitrogens is 1. The van der Waals surface area contributed by atoms with Crippen LogP contribution in [0, 0.1) is 17.0 Å². The SMILES string of the molecule is Cc1ccc2oc(-c3ccc(Cl)c(NC(=S)NC(=O)c4cc([N+](=O)[O-])ccc4N4CCOCC4)c3)nc2c1. The van der Waals surface area contributed by atoms with Crippen molar-refractivity contribution in [2.45, 2.75) is 6.92 Å². The number of nitro benzene ring substituents is 1. The molecule has 194 valence electrons. The number of non-ortho nitro benzene ring substituents is 1. The molecule has 4 aromatic rings. The van der Waals surface area contributed by atoms with Crippen LogP contribution >= 0.6 is 23.8 Å². The fraction of sp³-hybridized carbons (Fsp3) is 0.192. The highest BCUT2D eigenvalue weighted by atomic mass is 35.5. The number of thiocarbonyl (C=S) groups is 1. The van der Waals surface area contributed by atoms with E-state index in [0.29, 0.717) is 59.7 Å². The fourth-order valence-electron chi connectivity index (χ4n) is 4.14. The van der Waals surface area contributed by atoms with Crippen molar-refractivity contribution in [3.05, 3.63) is 80.9 Å². The first-order valence-electron chi connectivity index (χ1n) is 11.7. The van der Waals surface area contributed by atoms with Crippen molar-refractivity contribution in [2.75, 3.05) is 36.5 Å². The summed E-state index contributed by atoms with van der Waals surface area (Å²) >= 11 is 11.8. The van der Waals surface area contributed by atoms with Crippen LogP contribution in [0.5, 0.6) is 0 Å². The van der Waals surface area contributed by atoms with E-state index in [9.17, 15) is 14.9 Å². The summed E-state index contributed by atoms with van der Waals surface area (Å²) in [6.07, 6.45) is 0. The number of fused-ring (bicyclic) bond motifs is 1. The van der Waals surface area contributed by atoms with Gasteiger partial charge in [-0.25, -0.2) is 4.98 Å². The van der Waals surface area contributed by atoms with Crippen LogP contribution in [0.15, 0.2) is 59.0 Å². The third kappa shape index (κ3) is 5.44. The minimum absolute atomic E-state index is 0.0262. The van der Waals surface area contributed by atoms with E-state index >= 15 is 0 Å². The number of carbonyl (C=O) groups is 1. The van der Waals surface area contributed by atoms with E-state index < -0.39 is 10.8 Å². The number of rotatable bonds is 5. The Kier molecular flexibility index (Phi) is 7.23. The molecule has 0 unspecified atom stereocenters. The monoisotopic (exact) mass is 551 g/mol. The lowest BCUT2D eigenvalue weighted by Gasteiger charge is -2.30. The fourth-order valence-corrected chi connectivity index (χ4v) is 4.51. The van der Waals surface area contributed by atoms with Gasteiger partial charge < -0.3 is 19.4 Å². The van der Waals surface area contributed by atoms with Crippen LogP contribution in [0.3, 0.4) is 0 Å². The van der Waals surface area contributed by atoms with Crippen molar-refractivity contribution in [3.8, 4) is 11.5 Å². The summed E-state index contributed by atoms with van der Waals surface area (Å²) in [6, 6.07) is 15.1. The van der Waals surface area contributed by atoms with Gasteiger partial charge in [0.05, 0.1) is 40.1 Å². The molecule has 12 heteroatoms. The highest BCUT2D eigenvalue weighted by molar-refractivity contribution is 7.80. The number of aryl methyl sites for hydroxylation is 1. The zero-order valence-corrected chi connectivity index (χ0v) is 21.8. The van der Waals surface area contributed by atoms with Crippen molar-refractivity contribution < 1.29 is 18.9 Å². The van der Waals surface area contributed by atoms with Crippen molar-refractivity contribution >= 4 is 63.0 Å². The minimum atomic E-state index is -0.589. The standard InChI is InChI=1S/C26H22ClN5O5S/c1-15-2-7-23-21(12-15)28-25(37-23)16-3-5-19(27)20(13-16)29-26(38)30-24(33)18-14-17(32(34)35)4-6-22(18)31-8-10-36-11-9-31/h2-7,12-14H,8-11H2,1H3,(H2,29,30,33,38). The highest BCUT2D eigenvalue weighted by Crippen LogP contribution is 2.31. The lowest BCUT2D eigenvalue weighted by atomic mass is 10.1. The van der Waals surface area contributed by atoms with Gasteiger partial charge in [-0.05, 0) is 61.1 Å². The summed E-state index contributed by atoms with van der Waals surface area (Å²) in [5.74, 6) is -0.179. The molecule has 1 amide bonds. The molecule has 5 rings (SSSR count). The smallest absolute Gasteiger partial charge is 0.270 e. The summed E-state index contributed by atoms with van der Waals surface area (Å²) in [7, 11) is 0. The van der Waals surface area contributed by atoms with E-state index in [0.717, 1.165) is 11.1 Å². The normalized spacial score (nSPS) is 13.4. The summed E-state index contributed by atoms with van der Waals surface area (Å²) in [6.45, 7) is 4.07. The lowest BCUT2D eigenvalue weighted by molar-refractivity contribution is -0.384. The van der Waals surface area contributed by atoms with Crippen LogP contribution in [-0.4, -0.2) is 47.2 Å². The molecule has 1 saturated heterocycles. The number of benzene rings is 3. The number of oxazole rings is 1. The maximum Gasteiger partial charge on any atom is 0.270 e. The number of hydrogen-bond donors (Lipinski definition) is 2. The van der Waals surface area contributed by atoms with Crippen LogP contribution in [0.2, 0.25) is 5.02 Å². The van der Waals surface area contributed by atoms with Crippen molar-refractivity contribution in [1.82, 2.24) is 10.3 Å². The third-order valence-electron chi connectivity index (χ3n) is 6.02. The topological polar surface area (TPSA) is 123 Å². The Bertz CT molecular complexity index is 1570. The van der Waals surface area contributed by atoms with Gasteiger partial charge in [0.15, 0.2) is 10.7 Å². The predicted molar refractivity (Wildman–Crippen MR) is 149 cm³/mol. The van der Waals surface area contributed by atoms with E-state index in [1.807, 2.05) is 30.0 Å². The zero-order chi connectivity index (χ0) is 26.8. The van der Waals surface area contributed by atoms with Crippen LogP contribution in [-0.2, 0) is 4.74 Å². The Morgan fingerprint density at radius 2 is 1.92 bits per heavy atom. The molecule has 1 aromatic heterocycles. The molecule has 2 heterocycles. The van der Waals surface area contributed by atoms with Gasteiger partial charge in [-0.1, -0.05) is 17.7 Å². The van der Waals surface area contributed by atoms with E-state index in [4.69, 9.17) is 33.0 Å². The van der Waals surface area contributed by atoms with E-state index in [2.05, 4.69) is 15.6 Å². The molecule has 1 aliphatic heterocycles. The lowest BCUT2D eigenvalue weighted by Crippen LogP contribution is -2.39. The second kappa shape index (κ2) is 10.7. The molecule has 2 N–H and O–H groups in total. The quantitative estimate of drug-likeness (QED) is 0.192. The molecule has 38 heavy (non-hydrogen) atoms. The summed E-state index contributed by atoms with van der Waals surface area (Å²) < 4.78 is 11.3. The number of nitrogens with one attached hydrogen (secondary N) is 2. The summed E-state index contributed by atoms with van der Waals surface area (Å²) in [4.78, 5) is 30.5. The number of amides is 1. The van der Waals surface area contributed by atoms with Gasteiger partial charge in [-0.2, -0.15) is 0 Å². The van der Waals surface area contributed by atoms with Gasteiger partial charge in [0.25, 0.3) is 11.6 Å². The average molecular weight is 552 g/mol. The number of anilines is 2. The molecule has 0 spiro atoms. The number of nitro groups is 1. The molecule has 0 saturated carbocycles. The van der Waals surface area contributed by atoms with Crippen LogP contribution in [0.4, 0.5) is 17.1 Å². The molecule has 0 bridgehead atoms. The maximum atomic E-state index is 13.2. The van der Waals surface area contributed by atoms with Gasteiger partial charge in [-0.15, -0.1) is 0 Å². The Hall–Kier alpha value is -4.06. The van der Waals surface area contributed by atoms with Crippen LogP contribution in [0.1, 0.15) is 15.9 Å². The average Bonchev–Trinajstić information content (AvgIpc) is 3.33. The minimum Gasteiger partial charge on any atom is -0.436 e. The summed E-state index contributed by atoms with van der Waals surface area (Å²) in [5.41, 5.74) is 4.05. The molecule has 0 atom stereocenters. The first-order chi connectivity index (χ1) is 18.3. The van der Waals surface area contributed by atoms with E-state index in [-0.39, 0.29) is 16.4 Å². The van der Waals surface area contributed by atoms with Gasteiger partial charge in [0.2, 0.25) is 5.89 Å². The van der Waals surface area contributed by atoms with Gasteiger partial charge in [0, 0.05) is 30.8 Å². The Morgan fingerprint density at radius 1 is 1.13 bits per heavy atom. The number of morpholine rings is 1. The molecule has 10 nitrogen and oxygen atoms in total.